The number of allylic oxidation sites excluding steroid dienone is 3. The molecular weight excluding hydrogens is 98.1 g/mol. The first kappa shape index (κ1) is 7.15. The van der Waals surface area contributed by atoms with Gasteiger partial charge in [0.25, 0.3) is 0 Å². The summed E-state index contributed by atoms with van der Waals surface area (Å²) in [4.78, 5) is 3.77. The highest BCUT2D eigenvalue weighted by Crippen LogP contribution is 1.88. The predicted octanol–water partition coefficient (Wildman–Crippen LogP) is 1.82. The minimum Gasteiger partial charge on any atom is -0.297 e. The average molecular weight is 109 g/mol. The van der Waals surface area contributed by atoms with Crippen LogP contribution in [0.25, 0.3) is 0 Å². The molecule has 0 aliphatic carbocycles. The third-order valence-electron chi connectivity index (χ3n) is 0.808. The van der Waals surface area contributed by atoms with Gasteiger partial charge in [0.1, 0.15) is 0 Å². The van der Waals surface area contributed by atoms with Gasteiger partial charge in [0.15, 0.2) is 0 Å². The number of hydrogen-bond donors (Lipinski definition) is 0. The molecule has 0 rings (SSSR count). The normalized spacial score (nSPS) is 12.5. The van der Waals surface area contributed by atoms with E-state index in [-0.39, 0.29) is 0 Å². The summed E-state index contributed by atoms with van der Waals surface area (Å²) in [5.74, 6) is 0. The minimum absolute atomic E-state index is 1.13. The summed E-state index contributed by atoms with van der Waals surface area (Å²) >= 11 is 0. The molecule has 0 bridgehead atoms. The molecule has 0 saturated carbocycles. The second-order valence-electron chi connectivity index (χ2n) is 1.52. The van der Waals surface area contributed by atoms with Crippen LogP contribution in [0.15, 0.2) is 29.3 Å². The molecule has 0 aliphatic rings. The zero-order valence-corrected chi connectivity index (χ0v) is 5.39. The van der Waals surface area contributed by atoms with Crippen molar-refractivity contribution >= 4 is 6.21 Å². The van der Waals surface area contributed by atoms with Gasteiger partial charge < -0.3 is 0 Å². The van der Waals surface area contributed by atoms with Gasteiger partial charge in [-0.25, -0.2) is 0 Å². The van der Waals surface area contributed by atoms with Crippen molar-refractivity contribution in [3.63, 3.8) is 0 Å². The van der Waals surface area contributed by atoms with Crippen molar-refractivity contribution in [1.82, 2.24) is 0 Å². The van der Waals surface area contributed by atoms with Crippen LogP contribution in [0.1, 0.15) is 6.92 Å². The second-order valence-corrected chi connectivity index (χ2v) is 1.52. The van der Waals surface area contributed by atoms with Crippen LogP contribution in [-0.2, 0) is 0 Å². The van der Waals surface area contributed by atoms with Crippen LogP contribution in [-0.4, -0.2) is 13.3 Å². The van der Waals surface area contributed by atoms with E-state index in [1.54, 1.807) is 19.3 Å². The molecule has 8 heavy (non-hydrogen) atoms. The summed E-state index contributed by atoms with van der Waals surface area (Å²) in [7, 11) is 1.74. The first-order valence-electron chi connectivity index (χ1n) is 2.52. The number of hydrogen-bond acceptors (Lipinski definition) is 1. The molecule has 0 fully saturated rings. The van der Waals surface area contributed by atoms with Gasteiger partial charge in [0.2, 0.25) is 0 Å². The Morgan fingerprint density at radius 1 is 1.62 bits per heavy atom. The molecule has 0 N–H and O–H groups in total. The number of aliphatic imine (C=N–C) groups is 1. The van der Waals surface area contributed by atoms with E-state index in [9.17, 15) is 0 Å². The Hall–Kier alpha value is -0.850. The first-order chi connectivity index (χ1) is 3.81. The summed E-state index contributed by atoms with van der Waals surface area (Å²) in [6.45, 7) is 5.56. The van der Waals surface area contributed by atoms with E-state index in [2.05, 4.69) is 11.6 Å². The van der Waals surface area contributed by atoms with Gasteiger partial charge in [0, 0.05) is 13.3 Å². The average Bonchev–Trinajstić information content (AvgIpc) is 1.83. The molecule has 0 heterocycles. The summed E-state index contributed by atoms with van der Waals surface area (Å²) in [5, 5.41) is 0. The van der Waals surface area contributed by atoms with Gasteiger partial charge >= 0.3 is 0 Å². The van der Waals surface area contributed by atoms with Crippen molar-refractivity contribution < 1.29 is 0 Å². The van der Waals surface area contributed by atoms with Gasteiger partial charge in [-0.1, -0.05) is 18.2 Å². The smallest absolute Gasteiger partial charge is 0.0277 e. The molecule has 1 heteroatoms. The SMILES string of the molecule is C=C/C(C)=C/C=NC. The highest BCUT2D eigenvalue weighted by molar-refractivity contribution is 5.72. The quantitative estimate of drug-likeness (QED) is 0.379. The molecule has 0 spiro atoms. The van der Waals surface area contributed by atoms with Crippen molar-refractivity contribution in [2.45, 2.75) is 6.92 Å². The summed E-state index contributed by atoms with van der Waals surface area (Å²) < 4.78 is 0. The molecule has 1 nitrogen and oxygen atoms in total. The van der Waals surface area contributed by atoms with E-state index in [4.69, 9.17) is 0 Å². The fourth-order valence-electron chi connectivity index (χ4n) is 0.260. The van der Waals surface area contributed by atoms with E-state index in [1.807, 2.05) is 13.0 Å². The van der Waals surface area contributed by atoms with Crippen LogP contribution in [0.5, 0.6) is 0 Å². The zero-order valence-electron chi connectivity index (χ0n) is 5.39. The molecule has 0 unspecified atom stereocenters. The Labute approximate surface area is 50.4 Å². The number of rotatable bonds is 2. The third-order valence-corrected chi connectivity index (χ3v) is 0.808. The summed E-state index contributed by atoms with van der Waals surface area (Å²) in [6.07, 6.45) is 5.45. The fourth-order valence-corrected chi connectivity index (χ4v) is 0.260. The van der Waals surface area contributed by atoms with Gasteiger partial charge in [-0.3, -0.25) is 4.99 Å². The topological polar surface area (TPSA) is 12.4 Å². The van der Waals surface area contributed by atoms with Crippen LogP contribution in [0, 0.1) is 0 Å². The Bertz CT molecular complexity index is 120. The molecule has 0 aliphatic heterocycles. The molecule has 0 aromatic heterocycles. The molecule has 0 aromatic carbocycles. The minimum atomic E-state index is 1.13. The molecule has 0 atom stereocenters. The van der Waals surface area contributed by atoms with Crippen LogP contribution < -0.4 is 0 Å². The lowest BCUT2D eigenvalue weighted by Crippen LogP contribution is -1.67. The standard InChI is InChI=1S/C7H11N/c1-4-7(2)5-6-8-3/h4-6H,1H2,2-3H3/b7-5+,8-6?. The number of nitrogens with zero attached hydrogens (tertiary/aromatic N) is 1. The van der Waals surface area contributed by atoms with E-state index in [0.29, 0.717) is 0 Å². The van der Waals surface area contributed by atoms with Gasteiger partial charge in [-0.05, 0) is 13.0 Å². The van der Waals surface area contributed by atoms with Crippen molar-refractivity contribution in [2.24, 2.45) is 4.99 Å². The summed E-state index contributed by atoms with van der Waals surface area (Å²) in [5.41, 5.74) is 1.13. The van der Waals surface area contributed by atoms with Gasteiger partial charge in [0.05, 0.1) is 0 Å². The molecule has 0 amide bonds. The van der Waals surface area contributed by atoms with Gasteiger partial charge in [-0.15, -0.1) is 0 Å². The van der Waals surface area contributed by atoms with Crippen LogP contribution in [0.4, 0.5) is 0 Å². The lowest BCUT2D eigenvalue weighted by atomic mass is 10.3. The maximum absolute atomic E-state index is 3.77. The fraction of sp³-hybridized carbons (Fsp3) is 0.286. The van der Waals surface area contributed by atoms with E-state index >= 15 is 0 Å². The molecular formula is C7H11N. The van der Waals surface area contributed by atoms with Crippen LogP contribution in [0.2, 0.25) is 0 Å². The largest absolute Gasteiger partial charge is 0.297 e. The highest BCUT2D eigenvalue weighted by atomic mass is 14.6. The monoisotopic (exact) mass is 109 g/mol. The van der Waals surface area contributed by atoms with Gasteiger partial charge in [-0.2, -0.15) is 0 Å². The Kier molecular flexibility index (Phi) is 3.85. The van der Waals surface area contributed by atoms with E-state index in [0.717, 1.165) is 5.57 Å². The third kappa shape index (κ3) is 3.34. The second kappa shape index (κ2) is 4.31. The molecule has 0 radical (unpaired) electrons. The molecule has 0 aromatic rings. The van der Waals surface area contributed by atoms with Crippen molar-refractivity contribution in [1.29, 1.82) is 0 Å². The summed E-state index contributed by atoms with van der Waals surface area (Å²) in [6, 6.07) is 0. The Morgan fingerprint density at radius 2 is 2.25 bits per heavy atom. The molecule has 44 valence electrons. The van der Waals surface area contributed by atoms with Crippen molar-refractivity contribution in [3.8, 4) is 0 Å². The van der Waals surface area contributed by atoms with Crippen LogP contribution in [0.3, 0.4) is 0 Å². The first-order valence-corrected chi connectivity index (χ1v) is 2.52. The zero-order chi connectivity index (χ0) is 6.41. The lowest BCUT2D eigenvalue weighted by molar-refractivity contribution is 1.46. The van der Waals surface area contributed by atoms with E-state index < -0.39 is 0 Å². The van der Waals surface area contributed by atoms with E-state index in [1.165, 1.54) is 0 Å². The Balaban J connectivity index is 3.74. The highest BCUT2D eigenvalue weighted by Gasteiger charge is 1.70. The van der Waals surface area contributed by atoms with Crippen molar-refractivity contribution in [2.75, 3.05) is 7.05 Å². The lowest BCUT2D eigenvalue weighted by Gasteiger charge is -1.81. The predicted molar refractivity (Wildman–Crippen MR) is 38.4 cm³/mol. The molecule has 0 saturated heterocycles. The van der Waals surface area contributed by atoms with Crippen molar-refractivity contribution in [3.05, 3.63) is 24.3 Å². The Morgan fingerprint density at radius 3 is 2.62 bits per heavy atom. The maximum atomic E-state index is 3.77. The maximum Gasteiger partial charge on any atom is 0.0277 e. The van der Waals surface area contributed by atoms with Crippen LogP contribution >= 0.6 is 0 Å².